The normalized spacial score (nSPS) is 15.9. The van der Waals surface area contributed by atoms with Crippen LogP contribution in [0.3, 0.4) is 0 Å². The molecule has 0 aromatic heterocycles. The van der Waals surface area contributed by atoms with Crippen molar-refractivity contribution in [2.45, 2.75) is 38.6 Å². The van der Waals surface area contributed by atoms with Crippen LogP contribution in [-0.2, 0) is 0 Å². The summed E-state index contributed by atoms with van der Waals surface area (Å²) >= 11 is 0. The van der Waals surface area contributed by atoms with Crippen molar-refractivity contribution in [2.75, 3.05) is 26.2 Å². The van der Waals surface area contributed by atoms with Gasteiger partial charge in [-0.05, 0) is 12.5 Å². The zero-order valence-corrected chi connectivity index (χ0v) is 15.5. The first-order chi connectivity index (χ1) is 10.6. The van der Waals surface area contributed by atoms with Crippen LogP contribution in [0.25, 0.3) is 0 Å². The quantitative estimate of drug-likeness (QED) is 0.438. The van der Waals surface area contributed by atoms with E-state index in [4.69, 9.17) is 0 Å². The van der Waals surface area contributed by atoms with Gasteiger partial charge in [-0.1, -0.05) is 26.2 Å². The van der Waals surface area contributed by atoms with Gasteiger partial charge in [0.05, 0.1) is 4.92 Å². The fraction of sp³-hybridized carbons (Fsp3) is 0.625. The molecule has 2 rings (SSSR count). The predicted octanol–water partition coefficient (Wildman–Crippen LogP) is 4.10. The molecule has 0 bridgehead atoms. The largest absolute Gasteiger partial charge is 0.314 e. The summed E-state index contributed by atoms with van der Waals surface area (Å²) in [7, 11) is 0. The number of halogens is 3. The number of rotatable bonds is 7. The molecule has 1 heterocycles. The topological polar surface area (TPSA) is 58.4 Å². The minimum atomic E-state index is -0.455. The van der Waals surface area contributed by atoms with Gasteiger partial charge in [0, 0.05) is 49.9 Å². The van der Waals surface area contributed by atoms with Gasteiger partial charge in [0.1, 0.15) is 5.82 Å². The maximum absolute atomic E-state index is 14.3. The van der Waals surface area contributed by atoms with E-state index >= 15 is 0 Å². The molecule has 0 spiro atoms. The molecule has 24 heavy (non-hydrogen) atoms. The number of nitrogens with one attached hydrogen (secondary N) is 1. The van der Waals surface area contributed by atoms with Crippen molar-refractivity contribution < 1.29 is 9.31 Å². The van der Waals surface area contributed by atoms with Gasteiger partial charge in [0.25, 0.3) is 5.69 Å². The molecule has 1 fully saturated rings. The molecule has 0 unspecified atom stereocenters. The third kappa shape index (κ3) is 6.16. The third-order valence-electron chi connectivity index (χ3n) is 4.22. The van der Waals surface area contributed by atoms with Crippen molar-refractivity contribution >= 4 is 30.5 Å². The Balaban J connectivity index is 0.00000264. The number of nitrogens with zero attached hydrogens (tertiary/aromatic N) is 2. The van der Waals surface area contributed by atoms with Crippen molar-refractivity contribution in [3.63, 3.8) is 0 Å². The molecule has 5 nitrogen and oxygen atoms in total. The molecule has 0 amide bonds. The Morgan fingerprint density at radius 2 is 1.96 bits per heavy atom. The lowest BCUT2D eigenvalue weighted by molar-refractivity contribution is -0.385. The molecule has 1 aromatic rings. The van der Waals surface area contributed by atoms with E-state index in [9.17, 15) is 14.5 Å². The van der Waals surface area contributed by atoms with Gasteiger partial charge < -0.3 is 5.32 Å². The van der Waals surface area contributed by atoms with Gasteiger partial charge in [-0.3, -0.25) is 15.0 Å². The SMILES string of the molecule is CCCCC[C@H](c1cc([N+](=O)[O-])ccc1F)N1CCNCC1.Cl.Cl. The number of unbranched alkanes of at least 4 members (excludes halogenated alkanes) is 2. The molecule has 1 aliphatic rings. The minimum Gasteiger partial charge on any atom is -0.314 e. The van der Waals surface area contributed by atoms with E-state index in [1.807, 2.05) is 0 Å². The second-order valence-electron chi connectivity index (χ2n) is 5.76. The Bertz CT molecular complexity index is 514. The van der Waals surface area contributed by atoms with Gasteiger partial charge in [-0.2, -0.15) is 0 Å². The standard InChI is InChI=1S/C16H24FN3O2.2ClH/c1-2-3-4-5-16(19-10-8-18-9-11-19)14-12-13(20(21)22)6-7-15(14)17;;/h6-7,12,16,18H,2-5,8-11H2,1H3;2*1H/t16-;;/m1../s1. The van der Waals surface area contributed by atoms with Crippen molar-refractivity contribution in [1.29, 1.82) is 0 Å². The Labute approximate surface area is 155 Å². The van der Waals surface area contributed by atoms with E-state index in [-0.39, 0.29) is 42.4 Å². The summed E-state index contributed by atoms with van der Waals surface area (Å²) in [4.78, 5) is 12.8. The fourth-order valence-electron chi connectivity index (χ4n) is 3.02. The van der Waals surface area contributed by atoms with Crippen molar-refractivity contribution in [3.05, 3.63) is 39.7 Å². The average Bonchev–Trinajstić information content (AvgIpc) is 2.53. The molecule has 1 aromatic carbocycles. The van der Waals surface area contributed by atoms with E-state index in [1.165, 1.54) is 18.2 Å². The number of hydrogen-bond donors (Lipinski definition) is 1. The number of nitro groups is 1. The molecule has 0 radical (unpaired) electrons. The first-order valence-corrected chi connectivity index (χ1v) is 8.02. The maximum Gasteiger partial charge on any atom is 0.269 e. The van der Waals surface area contributed by atoms with Crippen LogP contribution in [0.2, 0.25) is 0 Å². The maximum atomic E-state index is 14.3. The van der Waals surface area contributed by atoms with Crippen LogP contribution in [0.5, 0.6) is 0 Å². The molecule has 0 aliphatic carbocycles. The lowest BCUT2D eigenvalue weighted by atomic mass is 9.97. The summed E-state index contributed by atoms with van der Waals surface area (Å²) in [5.41, 5.74) is 0.430. The van der Waals surface area contributed by atoms with Crippen LogP contribution < -0.4 is 5.32 Å². The Morgan fingerprint density at radius 3 is 2.54 bits per heavy atom. The third-order valence-corrected chi connectivity index (χ3v) is 4.22. The molecular formula is C16H26Cl2FN3O2. The monoisotopic (exact) mass is 381 g/mol. The van der Waals surface area contributed by atoms with Crippen LogP contribution in [0.15, 0.2) is 18.2 Å². The van der Waals surface area contributed by atoms with E-state index in [0.717, 1.165) is 51.9 Å². The van der Waals surface area contributed by atoms with Crippen molar-refractivity contribution in [2.24, 2.45) is 0 Å². The van der Waals surface area contributed by atoms with Gasteiger partial charge >= 0.3 is 0 Å². The summed E-state index contributed by atoms with van der Waals surface area (Å²) in [6.45, 7) is 5.58. The fourth-order valence-corrected chi connectivity index (χ4v) is 3.02. The van der Waals surface area contributed by atoms with Gasteiger partial charge in [-0.15, -0.1) is 24.8 Å². The molecule has 1 saturated heterocycles. The second kappa shape index (κ2) is 11.6. The van der Waals surface area contributed by atoms with E-state index in [1.54, 1.807) is 0 Å². The minimum absolute atomic E-state index is 0. The zero-order chi connectivity index (χ0) is 15.9. The van der Waals surface area contributed by atoms with Gasteiger partial charge in [0.15, 0.2) is 0 Å². The summed E-state index contributed by atoms with van der Waals surface area (Å²) in [6.07, 6.45) is 4.05. The van der Waals surface area contributed by atoms with Crippen molar-refractivity contribution in [1.82, 2.24) is 10.2 Å². The van der Waals surface area contributed by atoms with E-state index < -0.39 is 4.92 Å². The van der Waals surface area contributed by atoms with Crippen LogP contribution >= 0.6 is 24.8 Å². The van der Waals surface area contributed by atoms with Crippen LogP contribution in [0.1, 0.15) is 44.2 Å². The molecule has 0 saturated carbocycles. The van der Waals surface area contributed by atoms with E-state index in [2.05, 4.69) is 17.1 Å². The Hall–Kier alpha value is -0.950. The highest BCUT2D eigenvalue weighted by Gasteiger charge is 2.26. The van der Waals surface area contributed by atoms with Gasteiger partial charge in [-0.25, -0.2) is 4.39 Å². The zero-order valence-electron chi connectivity index (χ0n) is 13.9. The summed E-state index contributed by atoms with van der Waals surface area (Å²) < 4.78 is 14.3. The molecule has 1 aliphatic heterocycles. The van der Waals surface area contributed by atoms with Crippen LogP contribution in [0.4, 0.5) is 10.1 Å². The van der Waals surface area contributed by atoms with Crippen molar-refractivity contribution in [3.8, 4) is 0 Å². The number of piperazine rings is 1. The lowest BCUT2D eigenvalue weighted by Crippen LogP contribution is -2.45. The average molecular weight is 382 g/mol. The number of hydrogen-bond acceptors (Lipinski definition) is 4. The molecule has 138 valence electrons. The Morgan fingerprint density at radius 1 is 1.29 bits per heavy atom. The van der Waals surface area contributed by atoms with Crippen LogP contribution in [0, 0.1) is 15.9 Å². The first kappa shape index (κ1) is 23.1. The smallest absolute Gasteiger partial charge is 0.269 e. The number of benzene rings is 1. The van der Waals surface area contributed by atoms with Gasteiger partial charge in [0.2, 0.25) is 0 Å². The highest BCUT2D eigenvalue weighted by atomic mass is 35.5. The molecular weight excluding hydrogens is 356 g/mol. The van der Waals surface area contributed by atoms with E-state index in [0.29, 0.717) is 5.56 Å². The highest BCUT2D eigenvalue weighted by molar-refractivity contribution is 5.85. The molecule has 1 N–H and O–H groups in total. The number of non-ortho nitro benzene ring substituents is 1. The van der Waals surface area contributed by atoms with Crippen LogP contribution in [-0.4, -0.2) is 36.0 Å². The summed E-state index contributed by atoms with van der Waals surface area (Å²) in [5, 5.41) is 14.3. The first-order valence-electron chi connectivity index (χ1n) is 8.02. The molecule has 8 heteroatoms. The second-order valence-corrected chi connectivity index (χ2v) is 5.76. The number of nitro benzene ring substituents is 1. The lowest BCUT2D eigenvalue weighted by Gasteiger charge is -2.35. The highest BCUT2D eigenvalue weighted by Crippen LogP contribution is 2.31. The summed E-state index contributed by atoms with van der Waals surface area (Å²) in [5.74, 6) is -0.342. The summed E-state index contributed by atoms with van der Waals surface area (Å²) in [6, 6.07) is 3.80. The molecule has 1 atom stereocenters. The predicted molar refractivity (Wildman–Crippen MR) is 98.9 cm³/mol. The Kier molecular flexibility index (Phi) is 11.1.